The molecule has 1 saturated heterocycles. The minimum Gasteiger partial charge on any atom is -0.379 e. The summed E-state index contributed by atoms with van der Waals surface area (Å²) in [4.78, 5) is 16.3. The van der Waals surface area contributed by atoms with Crippen LogP contribution in [0.25, 0.3) is 21.8 Å². The molecule has 2 aromatic carbocycles. The predicted molar refractivity (Wildman–Crippen MR) is 129 cm³/mol. The molecule has 1 atom stereocenters. The minimum atomic E-state index is -0.556. The van der Waals surface area contributed by atoms with Gasteiger partial charge in [-0.05, 0) is 43.5 Å². The number of carbonyl (C=O) groups is 1. The second kappa shape index (κ2) is 9.37. The van der Waals surface area contributed by atoms with E-state index in [4.69, 9.17) is 4.74 Å². The van der Waals surface area contributed by atoms with E-state index in [1.807, 2.05) is 12.1 Å². The summed E-state index contributed by atoms with van der Waals surface area (Å²) in [6.45, 7) is 12.2. The van der Waals surface area contributed by atoms with E-state index in [9.17, 15) is 4.79 Å². The number of unbranched alkanes of at least 4 members (excludes halogenated alkanes) is 1. The molecule has 1 aliphatic rings. The zero-order chi connectivity index (χ0) is 21.8. The van der Waals surface area contributed by atoms with E-state index >= 15 is 0 Å². The summed E-state index contributed by atoms with van der Waals surface area (Å²) in [6.07, 6.45) is 5.60. The molecule has 0 amide bonds. The molecule has 0 aliphatic carbocycles. The van der Waals surface area contributed by atoms with Gasteiger partial charge < -0.3 is 9.30 Å². The van der Waals surface area contributed by atoms with Gasteiger partial charge in [0.2, 0.25) is 0 Å². The monoisotopic (exact) mass is 418 g/mol. The van der Waals surface area contributed by atoms with E-state index < -0.39 is 5.54 Å². The van der Waals surface area contributed by atoms with Crippen molar-refractivity contribution >= 4 is 27.6 Å². The third-order valence-corrected chi connectivity index (χ3v) is 6.88. The van der Waals surface area contributed by atoms with Crippen molar-refractivity contribution in [3.8, 4) is 0 Å². The number of rotatable bonds is 9. The molecule has 1 aromatic heterocycles. The summed E-state index contributed by atoms with van der Waals surface area (Å²) in [5.41, 5.74) is 2.70. The maximum absolute atomic E-state index is 14.0. The Hall–Kier alpha value is -2.43. The van der Waals surface area contributed by atoms with Gasteiger partial charge in [0.1, 0.15) is 0 Å². The van der Waals surface area contributed by atoms with Gasteiger partial charge in [-0.25, -0.2) is 0 Å². The number of nitrogens with zero attached hydrogens (tertiary/aromatic N) is 2. The molecule has 164 valence electrons. The molecule has 0 radical (unpaired) electrons. The topological polar surface area (TPSA) is 34.5 Å². The van der Waals surface area contributed by atoms with Gasteiger partial charge in [-0.3, -0.25) is 9.69 Å². The van der Waals surface area contributed by atoms with Crippen LogP contribution in [0.2, 0.25) is 0 Å². The first kappa shape index (κ1) is 21.8. The first-order valence-electron chi connectivity index (χ1n) is 11.7. The first-order valence-corrected chi connectivity index (χ1v) is 11.7. The largest absolute Gasteiger partial charge is 0.379 e. The number of fused-ring (bicyclic) bond motifs is 3. The average molecular weight is 419 g/mol. The Kier molecular flexibility index (Phi) is 6.59. The van der Waals surface area contributed by atoms with Gasteiger partial charge in [0.15, 0.2) is 5.78 Å². The Morgan fingerprint density at radius 1 is 1.10 bits per heavy atom. The molecule has 4 rings (SSSR count). The molecule has 0 bridgehead atoms. The van der Waals surface area contributed by atoms with Crippen LogP contribution in [0.3, 0.4) is 0 Å². The average Bonchev–Trinajstić information content (AvgIpc) is 3.14. The molecule has 0 saturated carbocycles. The summed E-state index contributed by atoms with van der Waals surface area (Å²) < 4.78 is 7.97. The van der Waals surface area contributed by atoms with E-state index in [-0.39, 0.29) is 5.78 Å². The molecular weight excluding hydrogens is 384 g/mol. The number of Topliss-reactive ketones (excluding diaryl/α,β-unsaturated/α-hetero) is 1. The molecule has 1 aliphatic heterocycles. The van der Waals surface area contributed by atoms with Crippen molar-refractivity contribution in [1.82, 2.24) is 9.47 Å². The highest BCUT2D eigenvalue weighted by atomic mass is 16.5. The smallest absolute Gasteiger partial charge is 0.183 e. The van der Waals surface area contributed by atoms with Gasteiger partial charge in [0.25, 0.3) is 0 Å². The Bertz CT molecular complexity index is 1080. The number of aryl methyl sites for hydroxylation is 1. The zero-order valence-corrected chi connectivity index (χ0v) is 18.9. The highest BCUT2D eigenvalue weighted by Crippen LogP contribution is 2.34. The van der Waals surface area contributed by atoms with Crippen LogP contribution in [0.1, 0.15) is 49.9 Å². The quantitative estimate of drug-likeness (QED) is 0.324. The number of para-hydroxylation sites is 1. The summed E-state index contributed by atoms with van der Waals surface area (Å²) >= 11 is 0. The maximum atomic E-state index is 14.0. The zero-order valence-electron chi connectivity index (χ0n) is 18.9. The molecule has 0 N–H and O–H groups in total. The molecule has 1 unspecified atom stereocenters. The van der Waals surface area contributed by atoms with Crippen molar-refractivity contribution in [2.75, 3.05) is 26.3 Å². The third-order valence-electron chi connectivity index (χ3n) is 6.88. The first-order chi connectivity index (χ1) is 15.2. The SMILES string of the molecule is C=CCC(CC)(C(=O)c1ccc2c(c1)c1ccccc1n2CCCC)N1CCOCC1. The molecular formula is C27H34N2O2. The third kappa shape index (κ3) is 3.83. The van der Waals surface area contributed by atoms with Crippen LogP contribution in [0.15, 0.2) is 55.1 Å². The van der Waals surface area contributed by atoms with Gasteiger partial charge in [0, 0.05) is 47.0 Å². The van der Waals surface area contributed by atoms with Crippen LogP contribution in [-0.2, 0) is 11.3 Å². The lowest BCUT2D eigenvalue weighted by molar-refractivity contribution is -0.0154. The second-order valence-corrected chi connectivity index (χ2v) is 8.56. The maximum Gasteiger partial charge on any atom is 0.183 e. The predicted octanol–water partition coefficient (Wildman–Crippen LogP) is 5.83. The highest BCUT2D eigenvalue weighted by Gasteiger charge is 2.42. The second-order valence-electron chi connectivity index (χ2n) is 8.56. The molecule has 4 nitrogen and oxygen atoms in total. The standard InChI is InChI=1S/C27H34N2O2/c1-4-7-15-29-24-11-9-8-10-22(24)23-20-21(12-13-25(23)29)26(30)27(6-3,14-5-2)28-16-18-31-19-17-28/h5,8-13,20H,2,4,6-7,14-19H2,1,3H3. The lowest BCUT2D eigenvalue weighted by atomic mass is 9.81. The van der Waals surface area contributed by atoms with Crippen LogP contribution in [0.5, 0.6) is 0 Å². The Morgan fingerprint density at radius 3 is 2.55 bits per heavy atom. The van der Waals surface area contributed by atoms with E-state index in [1.165, 1.54) is 21.8 Å². The number of hydrogen-bond donors (Lipinski definition) is 0. The minimum absolute atomic E-state index is 0.198. The van der Waals surface area contributed by atoms with Gasteiger partial charge in [0.05, 0.1) is 18.8 Å². The van der Waals surface area contributed by atoms with Crippen LogP contribution >= 0.6 is 0 Å². The van der Waals surface area contributed by atoms with Crippen LogP contribution in [0, 0.1) is 0 Å². The van der Waals surface area contributed by atoms with Crippen LogP contribution in [-0.4, -0.2) is 47.1 Å². The van der Waals surface area contributed by atoms with E-state index in [0.717, 1.165) is 44.5 Å². The molecule has 4 heteroatoms. The molecule has 3 aromatic rings. The number of carbonyl (C=O) groups excluding carboxylic acids is 1. The lowest BCUT2D eigenvalue weighted by Gasteiger charge is -2.43. The number of aromatic nitrogens is 1. The Morgan fingerprint density at radius 2 is 1.84 bits per heavy atom. The fourth-order valence-corrected chi connectivity index (χ4v) is 5.14. The number of benzene rings is 2. The van der Waals surface area contributed by atoms with Gasteiger partial charge in [-0.1, -0.05) is 44.5 Å². The normalized spacial score (nSPS) is 17.1. The number of ketones is 1. The fourth-order valence-electron chi connectivity index (χ4n) is 5.14. The van der Waals surface area contributed by atoms with Crippen LogP contribution in [0.4, 0.5) is 0 Å². The number of hydrogen-bond acceptors (Lipinski definition) is 3. The van der Waals surface area contributed by atoms with Crippen molar-refractivity contribution in [3.63, 3.8) is 0 Å². The van der Waals surface area contributed by atoms with Gasteiger partial charge in [-0.2, -0.15) is 0 Å². The summed E-state index contributed by atoms with van der Waals surface area (Å²) in [6, 6.07) is 14.8. The summed E-state index contributed by atoms with van der Waals surface area (Å²) in [5, 5.41) is 2.39. The van der Waals surface area contributed by atoms with Crippen molar-refractivity contribution in [2.45, 2.75) is 51.6 Å². The van der Waals surface area contributed by atoms with Crippen molar-refractivity contribution in [3.05, 3.63) is 60.7 Å². The van der Waals surface area contributed by atoms with Gasteiger partial charge in [-0.15, -0.1) is 6.58 Å². The Balaban J connectivity index is 1.82. The number of morpholine rings is 1. The van der Waals surface area contributed by atoms with E-state index in [1.54, 1.807) is 0 Å². The summed E-state index contributed by atoms with van der Waals surface area (Å²) in [5.74, 6) is 0.198. The molecule has 2 heterocycles. The van der Waals surface area contributed by atoms with Crippen molar-refractivity contribution < 1.29 is 9.53 Å². The highest BCUT2D eigenvalue weighted by molar-refractivity contribution is 6.12. The molecule has 31 heavy (non-hydrogen) atoms. The number of ether oxygens (including phenoxy) is 1. The van der Waals surface area contributed by atoms with Crippen molar-refractivity contribution in [2.24, 2.45) is 0 Å². The van der Waals surface area contributed by atoms with E-state index in [2.05, 4.69) is 66.3 Å². The van der Waals surface area contributed by atoms with E-state index in [0.29, 0.717) is 19.6 Å². The lowest BCUT2D eigenvalue weighted by Crippen LogP contribution is -2.57. The van der Waals surface area contributed by atoms with Crippen molar-refractivity contribution in [1.29, 1.82) is 0 Å². The van der Waals surface area contributed by atoms with Gasteiger partial charge >= 0.3 is 0 Å². The van der Waals surface area contributed by atoms with Crippen LogP contribution < -0.4 is 0 Å². The molecule has 1 fully saturated rings. The fraction of sp³-hybridized carbons (Fsp3) is 0.444. The Labute approximate surface area is 185 Å². The summed E-state index contributed by atoms with van der Waals surface area (Å²) in [7, 11) is 0. The molecule has 0 spiro atoms.